The van der Waals surface area contributed by atoms with Crippen LogP contribution in [0, 0.1) is 0 Å². The predicted molar refractivity (Wildman–Crippen MR) is 84.3 cm³/mol. The molecule has 0 saturated carbocycles. The quantitative estimate of drug-likeness (QED) is 0.912. The minimum absolute atomic E-state index is 0.182. The maximum absolute atomic E-state index is 9.95. The Morgan fingerprint density at radius 1 is 1.40 bits per heavy atom. The second kappa shape index (κ2) is 6.78. The van der Waals surface area contributed by atoms with Crippen LogP contribution in [-0.4, -0.2) is 54.2 Å². The SMILES string of the molecule is CCOc1cc(CN2CCN(C)CC2C)cc(Br)c1O. The van der Waals surface area contributed by atoms with E-state index < -0.39 is 0 Å². The van der Waals surface area contributed by atoms with Crippen molar-refractivity contribution in [3.05, 3.63) is 22.2 Å². The molecule has 1 N–H and O–H groups in total. The number of rotatable bonds is 4. The fourth-order valence-electron chi connectivity index (χ4n) is 2.63. The highest BCUT2D eigenvalue weighted by Gasteiger charge is 2.22. The van der Waals surface area contributed by atoms with E-state index in [-0.39, 0.29) is 5.75 Å². The molecule has 0 aromatic heterocycles. The molecule has 1 fully saturated rings. The third-order valence-electron chi connectivity index (χ3n) is 3.74. The Hall–Kier alpha value is -0.780. The average Bonchev–Trinajstić information content (AvgIpc) is 2.39. The van der Waals surface area contributed by atoms with Gasteiger partial charge in [-0.15, -0.1) is 0 Å². The van der Waals surface area contributed by atoms with Gasteiger partial charge in [-0.1, -0.05) is 0 Å². The van der Waals surface area contributed by atoms with Crippen LogP contribution >= 0.6 is 15.9 Å². The lowest BCUT2D eigenvalue weighted by Crippen LogP contribution is -2.49. The van der Waals surface area contributed by atoms with Crippen LogP contribution in [0.2, 0.25) is 0 Å². The van der Waals surface area contributed by atoms with Gasteiger partial charge in [-0.25, -0.2) is 0 Å². The van der Waals surface area contributed by atoms with Crippen LogP contribution in [0.15, 0.2) is 16.6 Å². The lowest BCUT2D eigenvalue weighted by Gasteiger charge is -2.38. The maximum Gasteiger partial charge on any atom is 0.172 e. The zero-order chi connectivity index (χ0) is 14.7. The summed E-state index contributed by atoms with van der Waals surface area (Å²) in [5.41, 5.74) is 1.16. The van der Waals surface area contributed by atoms with Crippen molar-refractivity contribution in [3.8, 4) is 11.5 Å². The van der Waals surface area contributed by atoms with Crippen molar-refractivity contribution in [2.24, 2.45) is 0 Å². The van der Waals surface area contributed by atoms with Crippen LogP contribution in [0.3, 0.4) is 0 Å². The van der Waals surface area contributed by atoms with Crippen LogP contribution in [0.5, 0.6) is 11.5 Å². The highest BCUT2D eigenvalue weighted by molar-refractivity contribution is 9.10. The number of nitrogens with zero attached hydrogens (tertiary/aromatic N) is 2. The van der Waals surface area contributed by atoms with Gasteiger partial charge in [-0.05, 0) is 54.5 Å². The van der Waals surface area contributed by atoms with E-state index in [4.69, 9.17) is 4.74 Å². The molecular formula is C15H23BrN2O2. The molecule has 0 amide bonds. The summed E-state index contributed by atoms with van der Waals surface area (Å²) in [5.74, 6) is 0.737. The first-order valence-corrected chi connectivity index (χ1v) is 7.87. The van der Waals surface area contributed by atoms with Crippen LogP contribution < -0.4 is 4.74 Å². The van der Waals surface area contributed by atoms with E-state index in [1.165, 1.54) is 0 Å². The van der Waals surface area contributed by atoms with E-state index in [0.29, 0.717) is 22.9 Å². The topological polar surface area (TPSA) is 35.9 Å². The fourth-order valence-corrected chi connectivity index (χ4v) is 3.12. The summed E-state index contributed by atoms with van der Waals surface area (Å²) in [6.45, 7) is 8.87. The second-order valence-electron chi connectivity index (χ2n) is 5.44. The van der Waals surface area contributed by atoms with Crippen LogP contribution in [0.25, 0.3) is 0 Å². The molecule has 2 rings (SSSR count). The van der Waals surface area contributed by atoms with Gasteiger partial charge >= 0.3 is 0 Å². The summed E-state index contributed by atoms with van der Waals surface area (Å²) in [6, 6.07) is 4.45. The largest absolute Gasteiger partial charge is 0.503 e. The Bertz CT molecular complexity index is 467. The minimum Gasteiger partial charge on any atom is -0.503 e. The monoisotopic (exact) mass is 342 g/mol. The van der Waals surface area contributed by atoms with Crippen LogP contribution in [-0.2, 0) is 6.54 Å². The number of ether oxygens (including phenoxy) is 1. The van der Waals surface area contributed by atoms with Crippen molar-refractivity contribution < 1.29 is 9.84 Å². The summed E-state index contributed by atoms with van der Waals surface area (Å²) in [4.78, 5) is 4.83. The van der Waals surface area contributed by atoms with E-state index in [2.05, 4.69) is 39.7 Å². The molecule has 1 aromatic carbocycles. The Labute approximate surface area is 129 Å². The Balaban J connectivity index is 2.13. The first kappa shape index (κ1) is 15.6. The summed E-state index contributed by atoms with van der Waals surface area (Å²) >= 11 is 3.40. The molecule has 0 spiro atoms. The van der Waals surface area contributed by atoms with Crippen molar-refractivity contribution in [3.63, 3.8) is 0 Å². The summed E-state index contributed by atoms with van der Waals surface area (Å²) < 4.78 is 6.18. The highest BCUT2D eigenvalue weighted by Crippen LogP contribution is 2.36. The molecule has 1 saturated heterocycles. The molecule has 0 radical (unpaired) electrons. The number of aromatic hydroxyl groups is 1. The van der Waals surface area contributed by atoms with Crippen molar-refractivity contribution in [2.45, 2.75) is 26.4 Å². The van der Waals surface area contributed by atoms with Crippen LogP contribution in [0.4, 0.5) is 0 Å². The van der Waals surface area contributed by atoms with E-state index in [1.807, 2.05) is 19.1 Å². The molecule has 1 aromatic rings. The molecule has 1 heterocycles. The standard InChI is InChI=1S/C15H23BrN2O2/c1-4-20-14-8-12(7-13(16)15(14)19)10-18-6-5-17(3)9-11(18)2/h7-8,11,19H,4-6,9-10H2,1-3H3. The van der Waals surface area contributed by atoms with E-state index >= 15 is 0 Å². The molecule has 1 atom stereocenters. The first-order valence-electron chi connectivity index (χ1n) is 7.08. The van der Waals surface area contributed by atoms with E-state index in [0.717, 1.165) is 31.7 Å². The first-order chi connectivity index (χ1) is 9.51. The second-order valence-corrected chi connectivity index (χ2v) is 6.29. The molecule has 4 nitrogen and oxygen atoms in total. The van der Waals surface area contributed by atoms with Crippen molar-refractivity contribution in [1.82, 2.24) is 9.80 Å². The van der Waals surface area contributed by atoms with Gasteiger partial charge < -0.3 is 14.7 Å². The van der Waals surface area contributed by atoms with Crippen molar-refractivity contribution in [2.75, 3.05) is 33.3 Å². The third kappa shape index (κ3) is 3.65. The lowest BCUT2D eigenvalue weighted by atomic mass is 10.1. The Morgan fingerprint density at radius 3 is 2.80 bits per heavy atom. The molecule has 0 aliphatic carbocycles. The molecule has 1 unspecified atom stereocenters. The molecule has 0 bridgehead atoms. The molecule has 1 aliphatic heterocycles. The van der Waals surface area contributed by atoms with Gasteiger partial charge in [0.05, 0.1) is 11.1 Å². The summed E-state index contributed by atoms with van der Waals surface area (Å²) in [7, 11) is 2.16. The van der Waals surface area contributed by atoms with Gasteiger partial charge in [0.15, 0.2) is 11.5 Å². The number of likely N-dealkylation sites (N-methyl/N-ethyl adjacent to an activating group) is 1. The molecular weight excluding hydrogens is 320 g/mol. The Kier molecular flexibility index (Phi) is 5.29. The lowest BCUT2D eigenvalue weighted by molar-refractivity contribution is 0.0937. The smallest absolute Gasteiger partial charge is 0.172 e. The van der Waals surface area contributed by atoms with Gasteiger partial charge in [0, 0.05) is 32.2 Å². The molecule has 20 heavy (non-hydrogen) atoms. The highest BCUT2D eigenvalue weighted by atomic mass is 79.9. The third-order valence-corrected chi connectivity index (χ3v) is 4.35. The summed E-state index contributed by atoms with van der Waals surface area (Å²) in [6.07, 6.45) is 0. The van der Waals surface area contributed by atoms with Crippen LogP contribution in [0.1, 0.15) is 19.4 Å². The van der Waals surface area contributed by atoms with E-state index in [1.54, 1.807) is 0 Å². The predicted octanol–water partition coefficient (Wildman–Crippen LogP) is 2.69. The number of phenols is 1. The molecule has 112 valence electrons. The maximum atomic E-state index is 9.95. The zero-order valence-corrected chi connectivity index (χ0v) is 14.0. The van der Waals surface area contributed by atoms with Crippen molar-refractivity contribution in [1.29, 1.82) is 0 Å². The molecule has 1 aliphatic rings. The van der Waals surface area contributed by atoms with Gasteiger partial charge in [0.1, 0.15) is 0 Å². The van der Waals surface area contributed by atoms with Gasteiger partial charge in [0.2, 0.25) is 0 Å². The minimum atomic E-state index is 0.182. The number of phenolic OH excluding ortho intramolecular Hbond substituents is 1. The van der Waals surface area contributed by atoms with E-state index in [9.17, 15) is 5.11 Å². The normalized spacial score (nSPS) is 21.1. The number of hydrogen-bond donors (Lipinski definition) is 1. The number of halogens is 1. The number of benzene rings is 1. The van der Waals surface area contributed by atoms with Crippen molar-refractivity contribution >= 4 is 15.9 Å². The number of piperazine rings is 1. The summed E-state index contributed by atoms with van der Waals surface area (Å²) in [5, 5.41) is 9.95. The van der Waals surface area contributed by atoms with Gasteiger partial charge in [-0.2, -0.15) is 0 Å². The average molecular weight is 343 g/mol. The Morgan fingerprint density at radius 2 is 2.15 bits per heavy atom. The fraction of sp³-hybridized carbons (Fsp3) is 0.600. The zero-order valence-electron chi connectivity index (χ0n) is 12.4. The molecule has 5 heteroatoms. The number of hydrogen-bond acceptors (Lipinski definition) is 4. The van der Waals surface area contributed by atoms with Gasteiger partial charge in [0.25, 0.3) is 0 Å². The van der Waals surface area contributed by atoms with Gasteiger partial charge in [-0.3, -0.25) is 4.90 Å².